The molecule has 0 aromatic carbocycles. The van der Waals surface area contributed by atoms with Crippen LogP contribution in [-0.4, -0.2) is 4.57 Å². The quantitative estimate of drug-likeness (QED) is 0.188. The van der Waals surface area contributed by atoms with Crippen LogP contribution < -0.4 is 4.57 Å². The first-order valence-electron chi connectivity index (χ1n) is 11.8. The fourth-order valence-electron chi connectivity index (χ4n) is 3.98. The Hall–Kier alpha value is -0.790. The maximum atomic E-state index is 2.45. The zero-order valence-electron chi connectivity index (χ0n) is 18.2. The van der Waals surface area contributed by atoms with Gasteiger partial charge in [-0.05, 0) is 25.7 Å². The molecule has 0 aliphatic rings. The van der Waals surface area contributed by atoms with Gasteiger partial charge >= 0.3 is 0 Å². The van der Waals surface area contributed by atoms with Crippen LogP contribution in [0.3, 0.4) is 0 Å². The summed E-state index contributed by atoms with van der Waals surface area (Å²) < 4.78 is 4.63. The van der Waals surface area contributed by atoms with Gasteiger partial charge in [-0.2, -0.15) is 0 Å². The van der Waals surface area contributed by atoms with E-state index >= 15 is 0 Å². The number of rotatable bonds is 18. The summed E-state index contributed by atoms with van der Waals surface area (Å²) in [6.45, 7) is 4.60. The molecule has 0 aliphatic heterocycles. The molecule has 1 atom stereocenters. The highest BCUT2D eigenvalue weighted by Gasteiger charge is 2.15. The SMILES string of the molecule is CCCCCCCCCCCCCCC(CCCCC)n1cc[n+](C)c1. The van der Waals surface area contributed by atoms with Crippen LogP contribution >= 0.6 is 0 Å². The summed E-state index contributed by atoms with van der Waals surface area (Å²) in [5.74, 6) is 0. The van der Waals surface area contributed by atoms with Crippen LogP contribution in [0.4, 0.5) is 0 Å². The van der Waals surface area contributed by atoms with Crippen molar-refractivity contribution in [2.45, 2.75) is 129 Å². The topological polar surface area (TPSA) is 8.81 Å². The molecular weight excluding hydrogens is 316 g/mol. The van der Waals surface area contributed by atoms with E-state index < -0.39 is 0 Å². The fraction of sp³-hybridized carbons (Fsp3) is 0.875. The summed E-state index contributed by atoms with van der Waals surface area (Å²) >= 11 is 0. The van der Waals surface area contributed by atoms with Gasteiger partial charge in [-0.25, -0.2) is 9.13 Å². The van der Waals surface area contributed by atoms with Crippen molar-refractivity contribution >= 4 is 0 Å². The molecule has 0 bridgehead atoms. The third kappa shape index (κ3) is 11.8. The van der Waals surface area contributed by atoms with Gasteiger partial charge in [0, 0.05) is 0 Å². The van der Waals surface area contributed by atoms with Gasteiger partial charge in [-0.1, -0.05) is 97.3 Å². The van der Waals surface area contributed by atoms with E-state index in [0.29, 0.717) is 6.04 Å². The van der Waals surface area contributed by atoms with Gasteiger partial charge in [0.1, 0.15) is 18.4 Å². The second-order valence-corrected chi connectivity index (χ2v) is 8.35. The molecule has 0 saturated heterocycles. The summed E-state index contributed by atoms with van der Waals surface area (Å²) in [5, 5.41) is 0. The minimum absolute atomic E-state index is 0.714. The number of unbranched alkanes of at least 4 members (excludes halogenated alkanes) is 13. The molecule has 0 fully saturated rings. The van der Waals surface area contributed by atoms with Crippen LogP contribution in [0.25, 0.3) is 0 Å². The van der Waals surface area contributed by atoms with E-state index in [1.807, 2.05) is 0 Å². The number of hydrogen-bond acceptors (Lipinski definition) is 0. The van der Waals surface area contributed by atoms with E-state index in [1.165, 1.54) is 109 Å². The molecular formula is C24H47N2+. The van der Waals surface area contributed by atoms with Crippen LogP contribution in [-0.2, 0) is 7.05 Å². The Morgan fingerprint density at radius 3 is 1.54 bits per heavy atom. The van der Waals surface area contributed by atoms with Crippen LogP contribution in [0.2, 0.25) is 0 Å². The Balaban J connectivity index is 2.04. The first-order chi connectivity index (χ1) is 12.8. The predicted molar refractivity (Wildman–Crippen MR) is 114 cm³/mol. The molecule has 2 heteroatoms. The van der Waals surface area contributed by atoms with Gasteiger partial charge in [0.05, 0.1) is 7.05 Å². The van der Waals surface area contributed by atoms with Crippen molar-refractivity contribution in [3.63, 3.8) is 0 Å². The van der Waals surface area contributed by atoms with Crippen LogP contribution in [0, 0.1) is 0 Å². The van der Waals surface area contributed by atoms with E-state index in [1.54, 1.807) is 0 Å². The molecule has 0 saturated carbocycles. The number of hydrogen-bond donors (Lipinski definition) is 0. The lowest BCUT2D eigenvalue weighted by atomic mass is 10.0. The first kappa shape index (κ1) is 23.2. The largest absolute Gasteiger partial charge is 0.243 e. The zero-order chi connectivity index (χ0) is 18.9. The standard InChI is InChI=1S/C24H47N2/c1-4-6-8-9-10-11-12-13-14-15-16-18-20-24(19-17-7-5-2)26-22-21-25(3)23-26/h21-24H,4-20H2,1-3H3/q+1. The Morgan fingerprint density at radius 2 is 1.08 bits per heavy atom. The Labute approximate surface area is 164 Å². The molecule has 0 radical (unpaired) electrons. The van der Waals surface area contributed by atoms with E-state index in [4.69, 9.17) is 0 Å². The third-order valence-electron chi connectivity index (χ3n) is 5.74. The van der Waals surface area contributed by atoms with Crippen molar-refractivity contribution in [2.75, 3.05) is 0 Å². The number of aromatic nitrogens is 2. The van der Waals surface area contributed by atoms with E-state index in [-0.39, 0.29) is 0 Å². The average Bonchev–Trinajstić information content (AvgIpc) is 3.07. The number of imidazole rings is 1. The maximum Gasteiger partial charge on any atom is 0.243 e. The molecule has 1 aromatic heterocycles. The lowest BCUT2D eigenvalue weighted by Gasteiger charge is -2.13. The van der Waals surface area contributed by atoms with Crippen LogP contribution in [0.5, 0.6) is 0 Å². The second kappa shape index (κ2) is 16.4. The van der Waals surface area contributed by atoms with E-state index in [9.17, 15) is 0 Å². The zero-order valence-corrected chi connectivity index (χ0v) is 18.2. The maximum absolute atomic E-state index is 2.45. The molecule has 0 N–H and O–H groups in total. The molecule has 1 rings (SSSR count). The number of nitrogens with zero attached hydrogens (tertiary/aromatic N) is 2. The average molecular weight is 364 g/mol. The lowest BCUT2D eigenvalue weighted by Crippen LogP contribution is -2.24. The monoisotopic (exact) mass is 363 g/mol. The van der Waals surface area contributed by atoms with Gasteiger partial charge in [0.2, 0.25) is 6.33 Å². The van der Waals surface area contributed by atoms with E-state index in [2.05, 4.69) is 48.8 Å². The van der Waals surface area contributed by atoms with Crippen LogP contribution in [0.1, 0.15) is 129 Å². The second-order valence-electron chi connectivity index (χ2n) is 8.35. The molecule has 0 spiro atoms. The van der Waals surface area contributed by atoms with Crippen molar-refractivity contribution in [1.82, 2.24) is 4.57 Å². The molecule has 152 valence electrons. The Kier molecular flexibility index (Phi) is 14.7. The number of aryl methyl sites for hydroxylation is 1. The van der Waals surface area contributed by atoms with Gasteiger partial charge in [0.25, 0.3) is 0 Å². The van der Waals surface area contributed by atoms with E-state index in [0.717, 1.165) is 0 Å². The summed E-state index contributed by atoms with van der Waals surface area (Å²) in [7, 11) is 2.13. The summed E-state index contributed by atoms with van der Waals surface area (Å²) in [5.41, 5.74) is 0. The predicted octanol–water partition coefficient (Wildman–Crippen LogP) is 7.53. The highest BCUT2D eigenvalue weighted by molar-refractivity contribution is 4.75. The summed E-state index contributed by atoms with van der Waals surface area (Å²) in [6, 6.07) is 0.714. The Bertz CT molecular complexity index is 410. The van der Waals surface area contributed by atoms with Crippen molar-refractivity contribution in [3.05, 3.63) is 18.7 Å². The van der Waals surface area contributed by atoms with Crippen molar-refractivity contribution in [1.29, 1.82) is 0 Å². The highest BCUT2D eigenvalue weighted by atomic mass is 15.1. The smallest absolute Gasteiger partial charge is 0.240 e. The molecule has 0 aliphatic carbocycles. The summed E-state index contributed by atoms with van der Waals surface area (Å²) in [4.78, 5) is 0. The van der Waals surface area contributed by atoms with Crippen molar-refractivity contribution < 1.29 is 4.57 Å². The lowest BCUT2D eigenvalue weighted by molar-refractivity contribution is -0.671. The first-order valence-corrected chi connectivity index (χ1v) is 11.8. The molecule has 0 amide bonds. The van der Waals surface area contributed by atoms with Gasteiger partial charge in [-0.3, -0.25) is 0 Å². The van der Waals surface area contributed by atoms with Gasteiger partial charge in [0.15, 0.2) is 0 Å². The molecule has 1 aromatic rings. The third-order valence-corrected chi connectivity index (χ3v) is 5.74. The fourth-order valence-corrected chi connectivity index (χ4v) is 3.98. The van der Waals surface area contributed by atoms with Crippen LogP contribution in [0.15, 0.2) is 18.7 Å². The molecule has 26 heavy (non-hydrogen) atoms. The molecule has 2 nitrogen and oxygen atoms in total. The van der Waals surface area contributed by atoms with Crippen molar-refractivity contribution in [2.24, 2.45) is 7.05 Å². The molecule has 1 heterocycles. The summed E-state index contributed by atoms with van der Waals surface area (Å²) in [6.07, 6.45) is 30.8. The van der Waals surface area contributed by atoms with Gasteiger partial charge in [-0.15, -0.1) is 0 Å². The minimum atomic E-state index is 0.714. The molecule has 1 unspecified atom stereocenters. The highest BCUT2D eigenvalue weighted by Crippen LogP contribution is 2.23. The Morgan fingerprint density at radius 1 is 0.654 bits per heavy atom. The minimum Gasteiger partial charge on any atom is -0.240 e. The normalized spacial score (nSPS) is 12.6. The van der Waals surface area contributed by atoms with Crippen molar-refractivity contribution in [3.8, 4) is 0 Å². The van der Waals surface area contributed by atoms with Gasteiger partial charge < -0.3 is 0 Å².